The molecule has 2 rings (SSSR count). The average molecular weight is 372 g/mol. The molecule has 2 N–H and O–H groups in total. The summed E-state index contributed by atoms with van der Waals surface area (Å²) in [6, 6.07) is 8.94. The van der Waals surface area contributed by atoms with Crippen molar-refractivity contribution in [3.05, 3.63) is 119 Å². The molecule has 1 aromatic carbocycles. The number of nitrogens with two attached hydrogens (primary N) is 1. The van der Waals surface area contributed by atoms with Gasteiger partial charge in [-0.2, -0.15) is 0 Å². The summed E-state index contributed by atoms with van der Waals surface area (Å²) in [5, 5.41) is 0. The molecule has 0 heterocycles. The highest BCUT2D eigenvalue weighted by molar-refractivity contribution is 5.45. The molecule has 0 saturated heterocycles. The van der Waals surface area contributed by atoms with Crippen LogP contribution >= 0.6 is 0 Å². The zero-order valence-electron chi connectivity index (χ0n) is 17.6. The molecule has 1 aromatic rings. The summed E-state index contributed by atoms with van der Waals surface area (Å²) in [7, 11) is 0. The number of benzene rings is 1. The zero-order chi connectivity index (χ0) is 20.5. The van der Waals surface area contributed by atoms with E-state index in [9.17, 15) is 0 Å². The second-order valence-electron chi connectivity index (χ2n) is 7.52. The number of allylic oxidation sites excluding steroid dienone is 11. The molecular weight excluding hydrogens is 338 g/mol. The van der Waals surface area contributed by atoms with Crippen LogP contribution in [0, 0.1) is 0 Å². The lowest BCUT2D eigenvalue weighted by molar-refractivity contribution is 1.04. The van der Waals surface area contributed by atoms with Gasteiger partial charge < -0.3 is 5.73 Å². The molecule has 1 aliphatic rings. The van der Waals surface area contributed by atoms with Crippen molar-refractivity contribution in [3.8, 4) is 0 Å². The fourth-order valence-corrected chi connectivity index (χ4v) is 3.43. The van der Waals surface area contributed by atoms with Crippen molar-refractivity contribution in [1.29, 1.82) is 0 Å². The Bertz CT molecular complexity index is 867. The molecule has 0 radical (unpaired) electrons. The summed E-state index contributed by atoms with van der Waals surface area (Å²) in [4.78, 5) is 0. The molecule has 0 aliphatic heterocycles. The van der Waals surface area contributed by atoms with E-state index in [-0.39, 0.29) is 0 Å². The van der Waals surface area contributed by atoms with Gasteiger partial charge in [-0.25, -0.2) is 0 Å². The van der Waals surface area contributed by atoms with Gasteiger partial charge in [-0.1, -0.05) is 91.4 Å². The molecule has 1 nitrogen and oxygen atoms in total. The summed E-state index contributed by atoms with van der Waals surface area (Å²) in [5.41, 5.74) is 15.4. The molecule has 1 aliphatic carbocycles. The van der Waals surface area contributed by atoms with E-state index in [2.05, 4.69) is 75.6 Å². The van der Waals surface area contributed by atoms with E-state index in [1.165, 1.54) is 33.4 Å². The van der Waals surface area contributed by atoms with Crippen LogP contribution in [-0.4, -0.2) is 0 Å². The van der Waals surface area contributed by atoms with Crippen molar-refractivity contribution < 1.29 is 0 Å². The van der Waals surface area contributed by atoms with Gasteiger partial charge in [-0.05, 0) is 67.9 Å². The van der Waals surface area contributed by atoms with Gasteiger partial charge in [0.2, 0.25) is 0 Å². The summed E-state index contributed by atoms with van der Waals surface area (Å²) < 4.78 is 0. The molecule has 0 unspecified atom stereocenters. The van der Waals surface area contributed by atoms with E-state index in [1.54, 1.807) is 0 Å². The molecule has 0 saturated carbocycles. The van der Waals surface area contributed by atoms with Crippen molar-refractivity contribution in [2.75, 3.05) is 0 Å². The minimum Gasteiger partial charge on any atom is -0.399 e. The van der Waals surface area contributed by atoms with Crippen LogP contribution in [0.1, 0.15) is 44.7 Å². The smallest absolute Gasteiger partial charge is 0.0241 e. The van der Waals surface area contributed by atoms with E-state index >= 15 is 0 Å². The molecule has 0 amide bonds. The first-order valence-corrected chi connectivity index (χ1v) is 10.0. The van der Waals surface area contributed by atoms with Crippen LogP contribution in [0.2, 0.25) is 0 Å². The van der Waals surface area contributed by atoms with Crippen molar-refractivity contribution in [1.82, 2.24) is 0 Å². The molecule has 1 heteroatoms. The molecule has 28 heavy (non-hydrogen) atoms. The average Bonchev–Trinajstić information content (AvgIpc) is 3.07. The van der Waals surface area contributed by atoms with Crippen LogP contribution in [0.15, 0.2) is 107 Å². The van der Waals surface area contributed by atoms with E-state index < -0.39 is 0 Å². The van der Waals surface area contributed by atoms with E-state index in [1.807, 2.05) is 19.1 Å². The molecule has 0 spiro atoms. The molecule has 0 atom stereocenters. The van der Waals surface area contributed by atoms with Gasteiger partial charge in [-0.15, -0.1) is 0 Å². The SMILES string of the molecule is C=C(N)\C=C/C(=C\C)C(=C/C(=C)Cc1ccc(CC2=CC=C(C)C2)cc1)/CC. The van der Waals surface area contributed by atoms with Gasteiger partial charge in [0.1, 0.15) is 0 Å². The van der Waals surface area contributed by atoms with Crippen molar-refractivity contribution >= 4 is 0 Å². The summed E-state index contributed by atoms with van der Waals surface area (Å²) in [5.74, 6) is 0. The van der Waals surface area contributed by atoms with Gasteiger partial charge >= 0.3 is 0 Å². The first kappa shape index (κ1) is 21.5. The molecule has 0 bridgehead atoms. The molecule has 146 valence electrons. The second-order valence-corrected chi connectivity index (χ2v) is 7.52. The lowest BCUT2D eigenvalue weighted by Crippen LogP contribution is -1.94. The van der Waals surface area contributed by atoms with Crippen LogP contribution in [0.4, 0.5) is 0 Å². The van der Waals surface area contributed by atoms with Crippen LogP contribution in [0.3, 0.4) is 0 Å². The maximum atomic E-state index is 5.66. The van der Waals surface area contributed by atoms with Gasteiger partial charge in [0.15, 0.2) is 0 Å². The maximum absolute atomic E-state index is 5.66. The number of rotatable bonds is 9. The summed E-state index contributed by atoms with van der Waals surface area (Å²) >= 11 is 0. The Hall–Kier alpha value is -2.80. The topological polar surface area (TPSA) is 26.0 Å². The third-order valence-corrected chi connectivity index (χ3v) is 4.91. The Morgan fingerprint density at radius 1 is 1.07 bits per heavy atom. The molecule has 0 aromatic heterocycles. The van der Waals surface area contributed by atoms with E-state index in [0.717, 1.165) is 31.3 Å². The Morgan fingerprint density at radius 2 is 1.75 bits per heavy atom. The Morgan fingerprint density at radius 3 is 2.29 bits per heavy atom. The van der Waals surface area contributed by atoms with E-state index in [0.29, 0.717) is 5.70 Å². The monoisotopic (exact) mass is 371 g/mol. The molecular formula is C27H33N. The fourth-order valence-electron chi connectivity index (χ4n) is 3.43. The van der Waals surface area contributed by atoms with Crippen molar-refractivity contribution in [2.24, 2.45) is 5.73 Å². The summed E-state index contributed by atoms with van der Waals surface area (Å²) in [6.07, 6.45) is 16.6. The third-order valence-electron chi connectivity index (χ3n) is 4.91. The van der Waals surface area contributed by atoms with Gasteiger partial charge in [0, 0.05) is 5.70 Å². The van der Waals surface area contributed by atoms with E-state index in [4.69, 9.17) is 5.73 Å². The lowest BCUT2D eigenvalue weighted by Gasteiger charge is -2.09. The fraction of sp³-hybridized carbons (Fsp3) is 0.259. The Kier molecular flexibility index (Phi) is 8.07. The normalized spacial score (nSPS) is 15.0. The number of hydrogen-bond donors (Lipinski definition) is 1. The van der Waals surface area contributed by atoms with Gasteiger partial charge in [0.05, 0.1) is 0 Å². The predicted octanol–water partition coefficient (Wildman–Crippen LogP) is 6.92. The van der Waals surface area contributed by atoms with Gasteiger partial charge in [-0.3, -0.25) is 0 Å². The predicted molar refractivity (Wildman–Crippen MR) is 124 cm³/mol. The first-order valence-electron chi connectivity index (χ1n) is 10.0. The van der Waals surface area contributed by atoms with Crippen LogP contribution < -0.4 is 5.73 Å². The Labute approximate surface area is 171 Å². The van der Waals surface area contributed by atoms with Crippen LogP contribution in [0.25, 0.3) is 0 Å². The highest BCUT2D eigenvalue weighted by atomic mass is 14.5. The minimum absolute atomic E-state index is 0.563. The third kappa shape index (κ3) is 6.74. The van der Waals surface area contributed by atoms with Gasteiger partial charge in [0.25, 0.3) is 0 Å². The molecule has 0 fully saturated rings. The lowest BCUT2D eigenvalue weighted by atomic mass is 9.96. The van der Waals surface area contributed by atoms with Crippen LogP contribution in [0.5, 0.6) is 0 Å². The summed E-state index contributed by atoms with van der Waals surface area (Å²) in [6.45, 7) is 14.4. The largest absolute Gasteiger partial charge is 0.399 e. The highest BCUT2D eigenvalue weighted by Crippen LogP contribution is 2.23. The maximum Gasteiger partial charge on any atom is 0.0241 e. The van der Waals surface area contributed by atoms with Crippen LogP contribution in [-0.2, 0) is 12.8 Å². The first-order chi connectivity index (χ1) is 13.4. The zero-order valence-corrected chi connectivity index (χ0v) is 17.6. The van der Waals surface area contributed by atoms with Crippen molar-refractivity contribution in [2.45, 2.75) is 46.5 Å². The minimum atomic E-state index is 0.563. The van der Waals surface area contributed by atoms with Crippen molar-refractivity contribution in [3.63, 3.8) is 0 Å². The highest BCUT2D eigenvalue weighted by Gasteiger charge is 2.06. The quantitative estimate of drug-likeness (QED) is 0.469. The number of hydrogen-bond acceptors (Lipinski definition) is 1. The second kappa shape index (κ2) is 10.5. The standard InChI is InChI=1S/C27H33N/c1-6-26(15-9-22(5)28)27(7-2)18-21(4)17-23-11-13-24(14-12-23)19-25-10-8-20(3)16-25/h6,8-15,18H,4-5,7,16-17,19,28H2,1-3H3/b15-9-,26-6+,27-18+. The Balaban J connectivity index is 2.00.